The highest BCUT2D eigenvalue weighted by Gasteiger charge is 2.42. The van der Waals surface area contributed by atoms with E-state index in [1.54, 1.807) is 0 Å². The fourth-order valence-corrected chi connectivity index (χ4v) is 2.07. The van der Waals surface area contributed by atoms with Crippen LogP contribution in [0.3, 0.4) is 0 Å². The van der Waals surface area contributed by atoms with E-state index in [0.29, 0.717) is 11.5 Å². The second-order valence-corrected chi connectivity index (χ2v) is 5.19. The summed E-state index contributed by atoms with van der Waals surface area (Å²) in [5.41, 5.74) is 1.61. The molecule has 88 valence electrons. The Hall–Kier alpha value is -0.860. The van der Waals surface area contributed by atoms with E-state index in [1.165, 1.54) is 18.4 Å². The molecule has 0 aliphatic heterocycles. The predicted octanol–water partition coefficient (Wildman–Crippen LogP) is 2.50. The molecule has 1 unspecified atom stereocenters. The smallest absolute Gasteiger partial charge is 0.0626 e. The lowest BCUT2D eigenvalue weighted by Gasteiger charge is -2.26. The Balaban J connectivity index is 2.01. The number of nitrogens with one attached hydrogen (secondary N) is 1. The molecule has 16 heavy (non-hydrogen) atoms. The molecule has 0 saturated heterocycles. The van der Waals surface area contributed by atoms with Gasteiger partial charge in [-0.2, -0.15) is 0 Å². The van der Waals surface area contributed by atoms with Gasteiger partial charge in [-0.05, 0) is 30.7 Å². The third kappa shape index (κ3) is 2.45. The summed E-state index contributed by atoms with van der Waals surface area (Å²) >= 11 is 0. The minimum Gasteiger partial charge on any atom is -0.394 e. The highest BCUT2D eigenvalue weighted by atomic mass is 16.3. The summed E-state index contributed by atoms with van der Waals surface area (Å²) in [5.74, 6) is 0. The van der Waals surface area contributed by atoms with Crippen molar-refractivity contribution in [3.8, 4) is 0 Å². The van der Waals surface area contributed by atoms with Crippen LogP contribution >= 0.6 is 0 Å². The second kappa shape index (κ2) is 4.56. The molecule has 1 aliphatic carbocycles. The molecule has 1 aliphatic rings. The second-order valence-electron chi connectivity index (χ2n) is 5.19. The molecule has 2 atom stereocenters. The van der Waals surface area contributed by atoms with E-state index < -0.39 is 0 Å². The zero-order chi connectivity index (χ0) is 11.6. The molecule has 2 nitrogen and oxygen atoms in total. The Labute approximate surface area is 97.7 Å². The molecular weight excluding hydrogens is 198 g/mol. The van der Waals surface area contributed by atoms with Gasteiger partial charge in [0.15, 0.2) is 0 Å². The first kappa shape index (κ1) is 11.6. The van der Waals surface area contributed by atoms with Crippen LogP contribution in [0, 0.1) is 5.41 Å². The number of hydrogen-bond donors (Lipinski definition) is 2. The van der Waals surface area contributed by atoms with Crippen LogP contribution in [0.25, 0.3) is 0 Å². The number of benzene rings is 1. The van der Waals surface area contributed by atoms with Crippen molar-refractivity contribution in [3.63, 3.8) is 0 Å². The molecule has 0 bridgehead atoms. The normalized spacial score (nSPS) is 21.4. The Kier molecular flexibility index (Phi) is 3.31. The van der Waals surface area contributed by atoms with Crippen LogP contribution in [-0.2, 0) is 0 Å². The van der Waals surface area contributed by atoms with E-state index in [1.807, 2.05) is 18.2 Å². The van der Waals surface area contributed by atoms with Crippen molar-refractivity contribution in [2.24, 2.45) is 5.41 Å². The van der Waals surface area contributed by atoms with Gasteiger partial charge in [0.05, 0.1) is 12.6 Å². The molecule has 0 amide bonds. The maximum atomic E-state index is 9.45. The maximum absolute atomic E-state index is 9.45. The van der Waals surface area contributed by atoms with Gasteiger partial charge in [-0.1, -0.05) is 37.3 Å². The topological polar surface area (TPSA) is 32.3 Å². The van der Waals surface area contributed by atoms with Crippen molar-refractivity contribution in [1.29, 1.82) is 0 Å². The summed E-state index contributed by atoms with van der Waals surface area (Å²) in [4.78, 5) is 0. The molecule has 0 aromatic heterocycles. The van der Waals surface area contributed by atoms with E-state index in [0.717, 1.165) is 0 Å². The predicted molar refractivity (Wildman–Crippen MR) is 66.2 cm³/mol. The van der Waals surface area contributed by atoms with Crippen molar-refractivity contribution in [2.45, 2.75) is 38.8 Å². The van der Waals surface area contributed by atoms with Crippen molar-refractivity contribution < 1.29 is 5.11 Å². The number of hydrogen-bond acceptors (Lipinski definition) is 2. The van der Waals surface area contributed by atoms with Gasteiger partial charge in [-0.3, -0.25) is 0 Å². The van der Waals surface area contributed by atoms with Gasteiger partial charge < -0.3 is 10.4 Å². The number of rotatable bonds is 5. The van der Waals surface area contributed by atoms with Gasteiger partial charge >= 0.3 is 0 Å². The van der Waals surface area contributed by atoms with Crippen LogP contribution in [-0.4, -0.2) is 17.8 Å². The van der Waals surface area contributed by atoms with E-state index >= 15 is 0 Å². The van der Waals surface area contributed by atoms with E-state index in [4.69, 9.17) is 0 Å². The third-order valence-corrected chi connectivity index (χ3v) is 3.92. The van der Waals surface area contributed by atoms with Crippen molar-refractivity contribution >= 4 is 0 Å². The number of aliphatic hydroxyl groups excluding tert-OH is 1. The Morgan fingerprint density at radius 1 is 1.31 bits per heavy atom. The number of aliphatic hydroxyl groups is 1. The maximum Gasteiger partial charge on any atom is 0.0626 e. The Bertz CT molecular complexity index is 332. The molecule has 0 spiro atoms. The van der Waals surface area contributed by atoms with Crippen LogP contribution < -0.4 is 5.32 Å². The van der Waals surface area contributed by atoms with E-state index in [-0.39, 0.29) is 12.6 Å². The molecule has 2 rings (SSSR count). The first-order valence-electron chi connectivity index (χ1n) is 6.07. The van der Waals surface area contributed by atoms with Gasteiger partial charge in [0.1, 0.15) is 0 Å². The van der Waals surface area contributed by atoms with E-state index in [9.17, 15) is 5.11 Å². The molecule has 1 fully saturated rings. The quantitative estimate of drug-likeness (QED) is 0.797. The Morgan fingerprint density at radius 3 is 2.44 bits per heavy atom. The van der Waals surface area contributed by atoms with Gasteiger partial charge in [0.25, 0.3) is 0 Å². The van der Waals surface area contributed by atoms with Crippen LogP contribution in [0.15, 0.2) is 30.3 Å². The monoisotopic (exact) mass is 219 g/mol. The fraction of sp³-hybridized carbons (Fsp3) is 0.571. The average molecular weight is 219 g/mol. The summed E-state index contributed by atoms with van der Waals surface area (Å²) in [6.07, 6.45) is 2.60. The molecule has 0 radical (unpaired) electrons. The molecule has 2 heteroatoms. The molecule has 1 saturated carbocycles. The summed E-state index contributed by atoms with van der Waals surface area (Å²) in [6.45, 7) is 4.69. The van der Waals surface area contributed by atoms with Gasteiger partial charge in [-0.15, -0.1) is 0 Å². The summed E-state index contributed by atoms with van der Waals surface area (Å²) in [5, 5.41) is 13.0. The molecule has 1 aromatic carbocycles. The lowest BCUT2D eigenvalue weighted by Crippen LogP contribution is -2.37. The van der Waals surface area contributed by atoms with Crippen LogP contribution in [0.2, 0.25) is 0 Å². The largest absolute Gasteiger partial charge is 0.394 e. The summed E-state index contributed by atoms with van der Waals surface area (Å²) in [7, 11) is 0. The molecular formula is C14H21NO. The average Bonchev–Trinajstić information content (AvgIpc) is 3.06. The highest BCUT2D eigenvalue weighted by Crippen LogP contribution is 2.48. The van der Waals surface area contributed by atoms with Crippen LogP contribution in [0.5, 0.6) is 0 Å². The van der Waals surface area contributed by atoms with Crippen molar-refractivity contribution in [3.05, 3.63) is 35.9 Å². The summed E-state index contributed by atoms with van der Waals surface area (Å²) < 4.78 is 0. The minimum atomic E-state index is 0.0635. The lowest BCUT2D eigenvalue weighted by atomic mass is 9.98. The Morgan fingerprint density at radius 2 is 1.94 bits per heavy atom. The van der Waals surface area contributed by atoms with E-state index in [2.05, 4.69) is 31.3 Å². The minimum absolute atomic E-state index is 0.0635. The summed E-state index contributed by atoms with van der Waals surface area (Å²) in [6, 6.07) is 10.7. The van der Waals surface area contributed by atoms with Crippen molar-refractivity contribution in [2.75, 3.05) is 6.61 Å². The highest BCUT2D eigenvalue weighted by molar-refractivity contribution is 5.19. The standard InChI is InChI=1S/C14H21NO/c1-11(14(2)8-9-14)15-13(10-16)12-6-4-3-5-7-12/h3-7,11,13,15-16H,8-10H2,1-2H3/t11?,13-/m0/s1. The zero-order valence-electron chi connectivity index (χ0n) is 10.1. The zero-order valence-corrected chi connectivity index (χ0v) is 10.1. The third-order valence-electron chi connectivity index (χ3n) is 3.92. The van der Waals surface area contributed by atoms with Crippen molar-refractivity contribution in [1.82, 2.24) is 5.32 Å². The van der Waals surface area contributed by atoms with Gasteiger partial charge in [0.2, 0.25) is 0 Å². The fourth-order valence-electron chi connectivity index (χ4n) is 2.07. The van der Waals surface area contributed by atoms with Crippen LogP contribution in [0.1, 0.15) is 38.3 Å². The van der Waals surface area contributed by atoms with Crippen LogP contribution in [0.4, 0.5) is 0 Å². The molecule has 1 aromatic rings. The first-order chi connectivity index (χ1) is 7.65. The lowest BCUT2D eigenvalue weighted by molar-refractivity contribution is 0.219. The first-order valence-corrected chi connectivity index (χ1v) is 6.07. The molecule has 0 heterocycles. The molecule has 2 N–H and O–H groups in total. The van der Waals surface area contributed by atoms with Gasteiger partial charge in [0, 0.05) is 6.04 Å². The SMILES string of the molecule is CC(N[C@@H](CO)c1ccccc1)C1(C)CC1. The van der Waals surface area contributed by atoms with Gasteiger partial charge in [-0.25, -0.2) is 0 Å².